The third kappa shape index (κ3) is 3.05. The van der Waals surface area contributed by atoms with Gasteiger partial charge in [0.2, 0.25) is 10.0 Å². The van der Waals surface area contributed by atoms with Crippen molar-refractivity contribution in [2.45, 2.75) is 31.0 Å². The van der Waals surface area contributed by atoms with Crippen LogP contribution >= 0.6 is 0 Å². The maximum atomic E-state index is 11.9. The summed E-state index contributed by atoms with van der Waals surface area (Å²) >= 11 is 0. The summed E-state index contributed by atoms with van der Waals surface area (Å²) in [6, 6.07) is 4.76. The van der Waals surface area contributed by atoms with E-state index in [1.807, 2.05) is 13.8 Å². The Labute approximate surface area is 120 Å². The van der Waals surface area contributed by atoms with Gasteiger partial charge in [-0.1, -0.05) is 0 Å². The average Bonchev–Trinajstić information content (AvgIpc) is 2.37. The quantitative estimate of drug-likeness (QED) is 0.806. The lowest BCUT2D eigenvalue weighted by atomic mass is 10.2. The maximum absolute atomic E-state index is 11.9. The Balaban J connectivity index is 2.38. The van der Waals surface area contributed by atoms with E-state index in [1.165, 1.54) is 13.1 Å². The van der Waals surface area contributed by atoms with Gasteiger partial charge in [-0.2, -0.15) is 0 Å². The van der Waals surface area contributed by atoms with Crippen molar-refractivity contribution in [1.29, 1.82) is 0 Å². The monoisotopic (exact) mass is 299 g/mol. The molecule has 112 valence electrons. The number of nitrogens with zero attached hydrogens (tertiary/aromatic N) is 1. The highest BCUT2D eigenvalue weighted by atomic mass is 32.2. The van der Waals surface area contributed by atoms with Gasteiger partial charge in [0.25, 0.3) is 0 Å². The Hall–Kier alpha value is -1.31. The number of anilines is 2. The summed E-state index contributed by atoms with van der Waals surface area (Å²) in [5, 5.41) is 0. The number of nitrogen functional groups attached to an aromatic ring is 1. The second-order valence-electron chi connectivity index (χ2n) is 5.09. The molecule has 1 aliphatic heterocycles. The van der Waals surface area contributed by atoms with Crippen molar-refractivity contribution >= 4 is 21.4 Å². The predicted octanol–water partition coefficient (Wildman–Crippen LogP) is 0.790. The Kier molecular flexibility index (Phi) is 4.22. The van der Waals surface area contributed by atoms with E-state index in [4.69, 9.17) is 10.5 Å². The van der Waals surface area contributed by atoms with Crippen molar-refractivity contribution in [2.75, 3.05) is 30.8 Å². The molecule has 1 aromatic carbocycles. The van der Waals surface area contributed by atoms with E-state index in [0.717, 1.165) is 5.69 Å². The topological polar surface area (TPSA) is 84.7 Å². The smallest absolute Gasteiger partial charge is 0.240 e. The van der Waals surface area contributed by atoms with Crippen LogP contribution in [0.15, 0.2) is 23.1 Å². The predicted molar refractivity (Wildman–Crippen MR) is 79.3 cm³/mol. The lowest BCUT2D eigenvalue weighted by Gasteiger charge is -2.37. The number of morpholine rings is 1. The van der Waals surface area contributed by atoms with E-state index >= 15 is 0 Å². The van der Waals surface area contributed by atoms with Gasteiger partial charge in [-0.15, -0.1) is 0 Å². The van der Waals surface area contributed by atoms with Crippen molar-refractivity contribution in [1.82, 2.24) is 4.72 Å². The third-order valence-corrected chi connectivity index (χ3v) is 4.75. The number of nitrogens with one attached hydrogen (secondary N) is 1. The van der Waals surface area contributed by atoms with E-state index < -0.39 is 10.0 Å². The first-order valence-electron chi connectivity index (χ1n) is 6.57. The van der Waals surface area contributed by atoms with Gasteiger partial charge >= 0.3 is 0 Å². The fourth-order valence-electron chi connectivity index (χ4n) is 2.46. The third-order valence-electron chi connectivity index (χ3n) is 3.34. The van der Waals surface area contributed by atoms with Crippen molar-refractivity contribution < 1.29 is 13.2 Å². The van der Waals surface area contributed by atoms with Crippen LogP contribution in [0, 0.1) is 0 Å². The van der Waals surface area contributed by atoms with Gasteiger partial charge in [0.1, 0.15) is 0 Å². The van der Waals surface area contributed by atoms with Crippen LogP contribution in [0.3, 0.4) is 0 Å². The van der Waals surface area contributed by atoms with Crippen LogP contribution in [-0.2, 0) is 14.8 Å². The molecule has 0 aromatic heterocycles. The second kappa shape index (κ2) is 5.59. The van der Waals surface area contributed by atoms with Crippen LogP contribution in [0.2, 0.25) is 0 Å². The summed E-state index contributed by atoms with van der Waals surface area (Å²) < 4.78 is 31.8. The number of ether oxygens (including phenoxy) is 1. The van der Waals surface area contributed by atoms with Crippen LogP contribution in [0.25, 0.3) is 0 Å². The molecule has 0 spiro atoms. The summed E-state index contributed by atoms with van der Waals surface area (Å²) in [4.78, 5) is 2.29. The molecule has 0 radical (unpaired) electrons. The Morgan fingerprint density at radius 3 is 2.45 bits per heavy atom. The van der Waals surface area contributed by atoms with Crippen molar-refractivity contribution in [3.63, 3.8) is 0 Å². The SMILES string of the molecule is CNS(=O)(=O)c1ccc(N)c(N2C[C@@H](C)O[C@@H](C)C2)c1. The normalized spacial score (nSPS) is 23.9. The van der Waals surface area contributed by atoms with Gasteiger partial charge in [-0.05, 0) is 39.1 Å². The van der Waals surface area contributed by atoms with Gasteiger partial charge in [0, 0.05) is 13.1 Å². The molecule has 0 bridgehead atoms. The van der Waals surface area contributed by atoms with Gasteiger partial charge in [-0.3, -0.25) is 0 Å². The number of nitrogens with two attached hydrogens (primary N) is 1. The number of hydrogen-bond acceptors (Lipinski definition) is 5. The maximum Gasteiger partial charge on any atom is 0.240 e. The zero-order valence-electron chi connectivity index (χ0n) is 12.0. The summed E-state index contributed by atoms with van der Waals surface area (Å²) in [5.41, 5.74) is 7.31. The first kappa shape index (κ1) is 15.1. The molecule has 3 N–H and O–H groups in total. The van der Waals surface area contributed by atoms with E-state index in [0.29, 0.717) is 18.8 Å². The largest absolute Gasteiger partial charge is 0.397 e. The summed E-state index contributed by atoms with van der Waals surface area (Å²) in [6.45, 7) is 5.37. The zero-order chi connectivity index (χ0) is 14.9. The molecule has 2 atom stereocenters. The summed E-state index contributed by atoms with van der Waals surface area (Å²) in [5.74, 6) is 0. The van der Waals surface area contributed by atoms with Crippen LogP contribution in [0.5, 0.6) is 0 Å². The fraction of sp³-hybridized carbons (Fsp3) is 0.538. The highest BCUT2D eigenvalue weighted by Gasteiger charge is 2.24. The lowest BCUT2D eigenvalue weighted by Crippen LogP contribution is -2.45. The molecule has 1 heterocycles. The lowest BCUT2D eigenvalue weighted by molar-refractivity contribution is -0.00518. The van der Waals surface area contributed by atoms with Gasteiger partial charge in [0.05, 0.1) is 28.5 Å². The number of benzene rings is 1. The minimum absolute atomic E-state index is 0.0858. The summed E-state index contributed by atoms with van der Waals surface area (Å²) in [6.07, 6.45) is 0.172. The van der Waals surface area contributed by atoms with E-state index in [1.54, 1.807) is 12.1 Å². The molecule has 20 heavy (non-hydrogen) atoms. The Morgan fingerprint density at radius 2 is 1.90 bits per heavy atom. The van der Waals surface area contributed by atoms with Crippen LogP contribution < -0.4 is 15.4 Å². The number of sulfonamides is 1. The molecule has 7 heteroatoms. The first-order chi connectivity index (χ1) is 9.33. The molecule has 1 saturated heterocycles. The van der Waals surface area contributed by atoms with Crippen LogP contribution in [-0.4, -0.2) is 40.8 Å². The molecule has 2 rings (SSSR count). The van der Waals surface area contributed by atoms with Crippen molar-refractivity contribution in [3.8, 4) is 0 Å². The molecule has 0 saturated carbocycles. The standard InChI is InChI=1S/C13H21N3O3S/c1-9-7-16(8-10(2)19-9)13-6-11(4-5-12(13)14)20(17,18)15-3/h4-6,9-10,15H,7-8,14H2,1-3H3/t9-,10+. The summed E-state index contributed by atoms with van der Waals surface area (Å²) in [7, 11) is -2.07. The van der Waals surface area contributed by atoms with Gasteiger partial charge in [0.15, 0.2) is 0 Å². The van der Waals surface area contributed by atoms with E-state index in [2.05, 4.69) is 9.62 Å². The van der Waals surface area contributed by atoms with Crippen molar-refractivity contribution in [2.24, 2.45) is 0 Å². The molecule has 0 aliphatic carbocycles. The zero-order valence-corrected chi connectivity index (χ0v) is 12.8. The molecular formula is C13H21N3O3S. The number of rotatable bonds is 3. The second-order valence-corrected chi connectivity index (χ2v) is 6.98. The van der Waals surface area contributed by atoms with Crippen LogP contribution in [0.4, 0.5) is 11.4 Å². The molecule has 6 nitrogen and oxygen atoms in total. The molecule has 0 amide bonds. The Bertz CT molecular complexity index is 579. The molecule has 0 unspecified atom stereocenters. The minimum atomic E-state index is -3.47. The highest BCUT2D eigenvalue weighted by molar-refractivity contribution is 7.89. The highest BCUT2D eigenvalue weighted by Crippen LogP contribution is 2.29. The fourth-order valence-corrected chi connectivity index (χ4v) is 3.21. The van der Waals surface area contributed by atoms with Crippen molar-refractivity contribution in [3.05, 3.63) is 18.2 Å². The van der Waals surface area contributed by atoms with Gasteiger partial charge in [-0.25, -0.2) is 13.1 Å². The molecule has 1 fully saturated rings. The van der Waals surface area contributed by atoms with E-state index in [9.17, 15) is 8.42 Å². The molecule has 1 aliphatic rings. The molecular weight excluding hydrogens is 278 g/mol. The molecule has 1 aromatic rings. The number of hydrogen-bond donors (Lipinski definition) is 2. The Morgan fingerprint density at radius 1 is 1.30 bits per heavy atom. The van der Waals surface area contributed by atoms with E-state index in [-0.39, 0.29) is 17.1 Å². The minimum Gasteiger partial charge on any atom is -0.397 e. The average molecular weight is 299 g/mol. The first-order valence-corrected chi connectivity index (χ1v) is 8.05. The van der Waals surface area contributed by atoms with Gasteiger partial charge < -0.3 is 15.4 Å². The van der Waals surface area contributed by atoms with Crippen LogP contribution in [0.1, 0.15) is 13.8 Å².